The second kappa shape index (κ2) is 10.1. The maximum atomic E-state index is 11.7. The predicted octanol–water partition coefficient (Wildman–Crippen LogP) is 4.68. The summed E-state index contributed by atoms with van der Waals surface area (Å²) < 4.78 is 14.7. The summed E-state index contributed by atoms with van der Waals surface area (Å²) in [7, 11) is 5.13. The SMILES string of the molecule is CN(C)CCN(C)c1ccc(-c2cc3c(Nc4ccccc4NS(C)=O)ccnc3[nH]2)cc1. The highest BCUT2D eigenvalue weighted by Gasteiger charge is 2.11. The van der Waals surface area contributed by atoms with Gasteiger partial charge < -0.3 is 24.8 Å². The zero-order valence-corrected chi connectivity index (χ0v) is 20.2. The number of anilines is 4. The molecule has 2 aromatic heterocycles. The molecule has 0 radical (unpaired) electrons. The van der Waals surface area contributed by atoms with E-state index >= 15 is 0 Å². The van der Waals surface area contributed by atoms with Crippen LogP contribution in [0.15, 0.2) is 66.9 Å². The summed E-state index contributed by atoms with van der Waals surface area (Å²) in [6.07, 6.45) is 3.40. The van der Waals surface area contributed by atoms with Crippen LogP contribution in [0.3, 0.4) is 0 Å². The van der Waals surface area contributed by atoms with E-state index in [0.29, 0.717) is 0 Å². The summed E-state index contributed by atoms with van der Waals surface area (Å²) in [6, 6.07) is 20.4. The quantitative estimate of drug-likeness (QED) is 0.337. The van der Waals surface area contributed by atoms with Crippen LogP contribution in [0.5, 0.6) is 0 Å². The highest BCUT2D eigenvalue weighted by atomic mass is 32.2. The summed E-state index contributed by atoms with van der Waals surface area (Å²) >= 11 is 0. The first-order valence-electron chi connectivity index (χ1n) is 10.8. The van der Waals surface area contributed by atoms with Gasteiger partial charge in [-0.25, -0.2) is 9.19 Å². The molecule has 4 aromatic rings. The number of benzene rings is 2. The van der Waals surface area contributed by atoms with Crippen LogP contribution in [0.1, 0.15) is 0 Å². The van der Waals surface area contributed by atoms with Crippen LogP contribution in [0.2, 0.25) is 0 Å². The Balaban J connectivity index is 1.59. The minimum absolute atomic E-state index is 0.785. The minimum atomic E-state index is -1.16. The number of fused-ring (bicyclic) bond motifs is 1. The van der Waals surface area contributed by atoms with Crippen LogP contribution in [-0.4, -0.2) is 59.6 Å². The molecular formula is C25H30N6OS. The molecule has 1 atom stereocenters. The van der Waals surface area contributed by atoms with Crippen molar-refractivity contribution in [3.8, 4) is 11.3 Å². The first-order chi connectivity index (χ1) is 15.9. The molecular weight excluding hydrogens is 432 g/mol. The number of para-hydroxylation sites is 2. The van der Waals surface area contributed by atoms with E-state index < -0.39 is 11.0 Å². The van der Waals surface area contributed by atoms with E-state index in [1.807, 2.05) is 30.3 Å². The molecule has 2 aromatic carbocycles. The van der Waals surface area contributed by atoms with Crippen molar-refractivity contribution in [1.82, 2.24) is 14.9 Å². The predicted molar refractivity (Wildman–Crippen MR) is 141 cm³/mol. The molecule has 0 aliphatic carbocycles. The molecule has 2 heterocycles. The van der Waals surface area contributed by atoms with Crippen LogP contribution in [0.4, 0.5) is 22.7 Å². The fourth-order valence-electron chi connectivity index (χ4n) is 3.65. The van der Waals surface area contributed by atoms with Gasteiger partial charge in [0.15, 0.2) is 0 Å². The van der Waals surface area contributed by atoms with Crippen molar-refractivity contribution in [1.29, 1.82) is 0 Å². The topological polar surface area (TPSA) is 76.3 Å². The first-order valence-corrected chi connectivity index (χ1v) is 12.4. The number of hydrogen-bond acceptors (Lipinski definition) is 5. The maximum absolute atomic E-state index is 11.7. The number of aromatic amines is 1. The van der Waals surface area contributed by atoms with Crippen molar-refractivity contribution in [3.05, 3.63) is 66.9 Å². The van der Waals surface area contributed by atoms with Crippen molar-refractivity contribution in [3.63, 3.8) is 0 Å². The molecule has 0 aliphatic heterocycles. The number of nitrogens with one attached hydrogen (secondary N) is 3. The van der Waals surface area contributed by atoms with Crippen molar-refractivity contribution in [2.24, 2.45) is 0 Å². The number of likely N-dealkylation sites (N-methyl/N-ethyl adjacent to an activating group) is 2. The second-order valence-electron chi connectivity index (χ2n) is 8.30. The third-order valence-electron chi connectivity index (χ3n) is 5.48. The average Bonchev–Trinajstić information content (AvgIpc) is 3.24. The smallest absolute Gasteiger partial charge is 0.139 e. The van der Waals surface area contributed by atoms with Gasteiger partial charge in [0.05, 0.1) is 17.1 Å². The summed E-state index contributed by atoms with van der Waals surface area (Å²) in [4.78, 5) is 12.4. The van der Waals surface area contributed by atoms with E-state index in [0.717, 1.165) is 52.4 Å². The number of nitrogens with zero attached hydrogens (tertiary/aromatic N) is 3. The first kappa shape index (κ1) is 22.8. The Hall–Kier alpha value is -3.36. The molecule has 0 saturated heterocycles. The molecule has 7 nitrogen and oxygen atoms in total. The van der Waals surface area contributed by atoms with Gasteiger partial charge in [-0.3, -0.25) is 0 Å². The molecule has 0 amide bonds. The molecule has 0 saturated carbocycles. The molecule has 8 heteroatoms. The Labute approximate surface area is 197 Å². The molecule has 0 spiro atoms. The van der Waals surface area contributed by atoms with Crippen molar-refractivity contribution in [2.75, 3.05) is 55.4 Å². The van der Waals surface area contributed by atoms with E-state index in [9.17, 15) is 4.21 Å². The molecule has 0 aliphatic rings. The maximum Gasteiger partial charge on any atom is 0.139 e. The van der Waals surface area contributed by atoms with Gasteiger partial charge in [-0.15, -0.1) is 0 Å². The lowest BCUT2D eigenvalue weighted by atomic mass is 10.1. The van der Waals surface area contributed by atoms with E-state index in [1.165, 1.54) is 5.69 Å². The summed E-state index contributed by atoms with van der Waals surface area (Å²) in [5.41, 5.74) is 6.68. The lowest BCUT2D eigenvalue weighted by molar-refractivity contribution is 0.416. The highest BCUT2D eigenvalue weighted by Crippen LogP contribution is 2.32. The Morgan fingerprint density at radius 2 is 1.67 bits per heavy atom. The van der Waals surface area contributed by atoms with E-state index in [1.54, 1.807) is 12.5 Å². The zero-order chi connectivity index (χ0) is 23.4. The standard InChI is InChI=1S/C25H30N6OS/c1-30(2)15-16-31(3)19-11-9-18(10-12-19)24-17-20-21(13-14-26-25(20)28-24)27-22-7-5-6-8-23(22)29-33(4)32/h5-14,17,29H,15-16H2,1-4H3,(H2,26,27,28). The van der Waals surface area contributed by atoms with Crippen molar-refractivity contribution >= 4 is 44.8 Å². The normalized spacial score (nSPS) is 12.2. The number of aromatic nitrogens is 2. The van der Waals surface area contributed by atoms with E-state index in [-0.39, 0.29) is 0 Å². The van der Waals surface area contributed by atoms with Gasteiger partial charge in [-0.2, -0.15) is 0 Å². The van der Waals surface area contributed by atoms with Crippen molar-refractivity contribution in [2.45, 2.75) is 0 Å². The van der Waals surface area contributed by atoms with Crippen LogP contribution in [0, 0.1) is 0 Å². The Morgan fingerprint density at radius 1 is 0.939 bits per heavy atom. The number of H-pyrrole nitrogens is 1. The van der Waals surface area contributed by atoms with Gasteiger partial charge in [0.2, 0.25) is 0 Å². The van der Waals surface area contributed by atoms with Gasteiger partial charge in [-0.05, 0) is 56.1 Å². The van der Waals surface area contributed by atoms with E-state index in [4.69, 9.17) is 0 Å². The fraction of sp³-hybridized carbons (Fsp3) is 0.240. The van der Waals surface area contributed by atoms with Crippen LogP contribution in [-0.2, 0) is 11.0 Å². The Kier molecular flexibility index (Phi) is 6.96. The van der Waals surface area contributed by atoms with Crippen LogP contribution < -0.4 is 14.9 Å². The zero-order valence-electron chi connectivity index (χ0n) is 19.4. The third-order valence-corrected chi connectivity index (χ3v) is 5.99. The van der Waals surface area contributed by atoms with Crippen LogP contribution >= 0.6 is 0 Å². The molecule has 3 N–H and O–H groups in total. The molecule has 172 valence electrons. The largest absolute Gasteiger partial charge is 0.373 e. The van der Waals surface area contributed by atoms with Gasteiger partial charge in [0, 0.05) is 49.4 Å². The van der Waals surface area contributed by atoms with Gasteiger partial charge in [0.1, 0.15) is 16.6 Å². The molecule has 4 rings (SSSR count). The Bertz CT molecular complexity index is 1250. The highest BCUT2D eigenvalue weighted by molar-refractivity contribution is 7.85. The second-order valence-corrected chi connectivity index (χ2v) is 9.41. The van der Waals surface area contributed by atoms with E-state index in [2.05, 4.69) is 81.3 Å². The van der Waals surface area contributed by atoms with Gasteiger partial charge >= 0.3 is 0 Å². The van der Waals surface area contributed by atoms with Gasteiger partial charge in [-0.1, -0.05) is 24.3 Å². The third kappa shape index (κ3) is 5.53. The molecule has 1 unspecified atom stereocenters. The summed E-state index contributed by atoms with van der Waals surface area (Å²) in [5.74, 6) is 0. The van der Waals surface area contributed by atoms with Crippen molar-refractivity contribution < 1.29 is 4.21 Å². The lowest BCUT2D eigenvalue weighted by Gasteiger charge is -2.21. The number of hydrogen-bond donors (Lipinski definition) is 3. The van der Waals surface area contributed by atoms with Gasteiger partial charge in [0.25, 0.3) is 0 Å². The molecule has 0 bridgehead atoms. The molecule has 0 fully saturated rings. The number of pyridine rings is 1. The summed E-state index contributed by atoms with van der Waals surface area (Å²) in [6.45, 7) is 1.98. The fourth-order valence-corrected chi connectivity index (χ4v) is 4.13. The van der Waals surface area contributed by atoms with Crippen LogP contribution in [0.25, 0.3) is 22.3 Å². The monoisotopic (exact) mass is 462 g/mol. The molecule has 33 heavy (non-hydrogen) atoms. The number of rotatable bonds is 9. The minimum Gasteiger partial charge on any atom is -0.373 e. The summed E-state index contributed by atoms with van der Waals surface area (Å²) in [5, 5.41) is 4.46. The Morgan fingerprint density at radius 3 is 2.36 bits per heavy atom. The lowest BCUT2D eigenvalue weighted by Crippen LogP contribution is -2.28. The average molecular weight is 463 g/mol.